The largest absolute Gasteiger partial charge is 0.464 e. The van der Waals surface area contributed by atoms with Crippen LogP contribution in [0.15, 0.2) is 41.0 Å². The molecule has 0 spiro atoms. The van der Waals surface area contributed by atoms with Crippen LogP contribution in [0.25, 0.3) is 11.0 Å². The lowest BCUT2D eigenvalue weighted by Gasteiger charge is -2.06. The molecule has 3 aromatic rings. The Bertz CT molecular complexity index is 989. The highest BCUT2D eigenvalue weighted by atomic mass is 16.7. The molecule has 25 heavy (non-hydrogen) atoms. The number of hydrogen-bond donors (Lipinski definition) is 1. The molecule has 1 aliphatic heterocycles. The van der Waals surface area contributed by atoms with Gasteiger partial charge in [0.15, 0.2) is 11.5 Å². The minimum absolute atomic E-state index is 0.0814. The number of ether oxygens (including phenoxy) is 2. The molecule has 5 nitrogen and oxygen atoms in total. The highest BCUT2D eigenvalue weighted by Crippen LogP contribution is 2.34. The molecule has 0 unspecified atom stereocenters. The summed E-state index contributed by atoms with van der Waals surface area (Å²) in [4.78, 5) is 12.4. The molecule has 0 saturated carbocycles. The van der Waals surface area contributed by atoms with E-state index in [1.54, 1.807) is 18.4 Å². The zero-order valence-corrected chi connectivity index (χ0v) is 13.6. The molecule has 2 heterocycles. The van der Waals surface area contributed by atoms with E-state index < -0.39 is 0 Å². The summed E-state index contributed by atoms with van der Waals surface area (Å²) in [6.45, 7) is 0.220. The van der Waals surface area contributed by atoms with Gasteiger partial charge in [0, 0.05) is 22.7 Å². The maximum absolute atomic E-state index is 12.4. The molecule has 1 amide bonds. The van der Waals surface area contributed by atoms with E-state index in [-0.39, 0.29) is 19.1 Å². The number of carbonyl (C=O) groups excluding carboxylic acids is 1. The van der Waals surface area contributed by atoms with Gasteiger partial charge < -0.3 is 19.2 Å². The Balaban J connectivity index is 1.36. The van der Waals surface area contributed by atoms with Crippen LogP contribution in [0.2, 0.25) is 0 Å². The fraction of sp³-hybridized carbons (Fsp3) is 0.250. The first kappa shape index (κ1) is 14.4. The van der Waals surface area contributed by atoms with Crippen LogP contribution in [0.4, 0.5) is 5.69 Å². The van der Waals surface area contributed by atoms with Gasteiger partial charge in [0.2, 0.25) is 12.7 Å². The summed E-state index contributed by atoms with van der Waals surface area (Å²) in [6, 6.07) is 9.70. The second kappa shape index (κ2) is 5.55. The lowest BCUT2D eigenvalue weighted by atomic mass is 10.0. The molecule has 5 rings (SSSR count). The van der Waals surface area contributed by atoms with E-state index in [1.807, 2.05) is 6.07 Å². The second-order valence-corrected chi connectivity index (χ2v) is 6.52. The van der Waals surface area contributed by atoms with Crippen LogP contribution in [0.5, 0.6) is 11.5 Å². The molecule has 0 radical (unpaired) electrons. The molecular formula is C20H17NO4. The summed E-state index contributed by atoms with van der Waals surface area (Å²) in [6.07, 6.45) is 5.40. The molecule has 5 heteroatoms. The van der Waals surface area contributed by atoms with Crippen LogP contribution in [0.1, 0.15) is 23.1 Å². The van der Waals surface area contributed by atoms with Crippen molar-refractivity contribution in [1.82, 2.24) is 0 Å². The minimum Gasteiger partial charge on any atom is -0.464 e. The summed E-state index contributed by atoms with van der Waals surface area (Å²) in [7, 11) is 0. The summed E-state index contributed by atoms with van der Waals surface area (Å²) >= 11 is 0. The highest BCUT2D eigenvalue weighted by molar-refractivity contribution is 5.95. The molecule has 126 valence electrons. The van der Waals surface area contributed by atoms with Crippen LogP contribution in [0.3, 0.4) is 0 Å². The van der Waals surface area contributed by atoms with Gasteiger partial charge in [0.05, 0.1) is 12.7 Å². The molecule has 2 aromatic carbocycles. The average molecular weight is 335 g/mol. The van der Waals surface area contributed by atoms with E-state index in [1.165, 1.54) is 17.5 Å². The highest BCUT2D eigenvalue weighted by Gasteiger charge is 2.18. The summed E-state index contributed by atoms with van der Waals surface area (Å²) in [5, 5.41) is 3.95. The van der Waals surface area contributed by atoms with Gasteiger partial charge in [-0.1, -0.05) is 0 Å². The molecule has 0 atom stereocenters. The Labute approximate surface area is 144 Å². The van der Waals surface area contributed by atoms with Gasteiger partial charge >= 0.3 is 0 Å². The van der Waals surface area contributed by atoms with Crippen LogP contribution >= 0.6 is 0 Å². The maximum atomic E-state index is 12.4. The smallest absolute Gasteiger partial charge is 0.231 e. The SMILES string of the molecule is O=C(Cc1coc2cc3c(cc12)CCC3)Nc1ccc2c(c1)OCO2. The van der Waals surface area contributed by atoms with Crippen molar-refractivity contribution in [2.24, 2.45) is 0 Å². The van der Waals surface area contributed by atoms with E-state index in [0.717, 1.165) is 29.4 Å². The Hall–Kier alpha value is -2.95. The predicted molar refractivity (Wildman–Crippen MR) is 93.1 cm³/mol. The monoisotopic (exact) mass is 335 g/mol. The molecule has 0 fully saturated rings. The lowest BCUT2D eigenvalue weighted by Crippen LogP contribution is -2.14. The third-order valence-electron chi connectivity index (χ3n) is 4.88. The van der Waals surface area contributed by atoms with Gasteiger partial charge in [-0.3, -0.25) is 4.79 Å². The third-order valence-corrected chi connectivity index (χ3v) is 4.88. The predicted octanol–water partition coefficient (Wildman–Crippen LogP) is 3.83. The number of benzene rings is 2. The number of hydrogen-bond acceptors (Lipinski definition) is 4. The van der Waals surface area contributed by atoms with Crippen LogP contribution < -0.4 is 14.8 Å². The number of amides is 1. The topological polar surface area (TPSA) is 60.7 Å². The fourth-order valence-electron chi connectivity index (χ4n) is 3.64. The molecule has 1 aromatic heterocycles. The van der Waals surface area contributed by atoms with E-state index in [4.69, 9.17) is 13.9 Å². The Morgan fingerprint density at radius 3 is 2.80 bits per heavy atom. The van der Waals surface area contributed by atoms with E-state index in [0.29, 0.717) is 17.2 Å². The number of fused-ring (bicyclic) bond motifs is 3. The van der Waals surface area contributed by atoms with Crippen molar-refractivity contribution in [3.05, 3.63) is 53.3 Å². The van der Waals surface area contributed by atoms with Gasteiger partial charge in [-0.2, -0.15) is 0 Å². The molecule has 0 saturated heterocycles. The van der Waals surface area contributed by atoms with Crippen molar-refractivity contribution >= 4 is 22.6 Å². The van der Waals surface area contributed by atoms with Crippen molar-refractivity contribution in [1.29, 1.82) is 0 Å². The number of nitrogens with one attached hydrogen (secondary N) is 1. The van der Waals surface area contributed by atoms with Crippen LogP contribution in [0, 0.1) is 0 Å². The van der Waals surface area contributed by atoms with Crippen molar-refractivity contribution < 1.29 is 18.7 Å². The normalized spacial score (nSPS) is 14.7. The Kier molecular flexibility index (Phi) is 3.20. The quantitative estimate of drug-likeness (QED) is 0.790. The van der Waals surface area contributed by atoms with Gasteiger partial charge in [0.25, 0.3) is 0 Å². The van der Waals surface area contributed by atoms with Crippen LogP contribution in [-0.2, 0) is 24.1 Å². The molecule has 0 bridgehead atoms. The van der Waals surface area contributed by atoms with Crippen molar-refractivity contribution in [2.75, 3.05) is 12.1 Å². The number of furan rings is 1. The number of carbonyl (C=O) groups is 1. The average Bonchev–Trinajstić information content (AvgIpc) is 3.32. The first-order valence-electron chi connectivity index (χ1n) is 8.48. The summed E-state index contributed by atoms with van der Waals surface area (Å²) < 4.78 is 16.3. The van der Waals surface area contributed by atoms with Gasteiger partial charge in [-0.15, -0.1) is 0 Å². The Morgan fingerprint density at radius 2 is 1.88 bits per heavy atom. The summed E-state index contributed by atoms with van der Waals surface area (Å²) in [5.74, 6) is 1.27. The number of rotatable bonds is 3. The van der Waals surface area contributed by atoms with Crippen molar-refractivity contribution in [3.63, 3.8) is 0 Å². The van der Waals surface area contributed by atoms with Crippen LogP contribution in [-0.4, -0.2) is 12.7 Å². The zero-order chi connectivity index (χ0) is 16.8. The first-order valence-corrected chi connectivity index (χ1v) is 8.48. The fourth-order valence-corrected chi connectivity index (χ4v) is 3.64. The van der Waals surface area contributed by atoms with E-state index >= 15 is 0 Å². The molecule has 1 N–H and O–H groups in total. The second-order valence-electron chi connectivity index (χ2n) is 6.52. The standard InChI is InChI=1S/C20H17NO4/c22-20(21-15-4-5-17-19(9-15)25-11-24-17)8-14-10-23-18-7-13-3-1-2-12(13)6-16(14)18/h4-7,9-10H,1-3,8,11H2,(H,21,22). The molecular weight excluding hydrogens is 318 g/mol. The number of aryl methyl sites for hydroxylation is 2. The first-order chi connectivity index (χ1) is 12.3. The third kappa shape index (κ3) is 2.52. The van der Waals surface area contributed by atoms with E-state index in [2.05, 4.69) is 17.4 Å². The van der Waals surface area contributed by atoms with Gasteiger partial charge in [-0.25, -0.2) is 0 Å². The Morgan fingerprint density at radius 1 is 1.04 bits per heavy atom. The lowest BCUT2D eigenvalue weighted by molar-refractivity contribution is -0.115. The van der Waals surface area contributed by atoms with Gasteiger partial charge in [-0.05, 0) is 54.7 Å². The maximum Gasteiger partial charge on any atom is 0.231 e. The van der Waals surface area contributed by atoms with E-state index in [9.17, 15) is 4.79 Å². The molecule has 1 aliphatic carbocycles. The van der Waals surface area contributed by atoms with Crippen molar-refractivity contribution in [2.45, 2.75) is 25.7 Å². The van der Waals surface area contributed by atoms with Gasteiger partial charge in [0.1, 0.15) is 5.58 Å². The summed E-state index contributed by atoms with van der Waals surface area (Å²) in [5.41, 5.74) is 5.24. The number of anilines is 1. The zero-order valence-electron chi connectivity index (χ0n) is 13.6. The molecule has 2 aliphatic rings. The van der Waals surface area contributed by atoms with Crippen molar-refractivity contribution in [3.8, 4) is 11.5 Å². The minimum atomic E-state index is -0.0814.